The fraction of sp³-hybridized carbons (Fsp3) is 0.240. The summed E-state index contributed by atoms with van der Waals surface area (Å²) in [7, 11) is 0. The van der Waals surface area contributed by atoms with Crippen molar-refractivity contribution in [1.82, 2.24) is 5.32 Å². The van der Waals surface area contributed by atoms with Crippen LogP contribution in [0.2, 0.25) is 5.02 Å². The van der Waals surface area contributed by atoms with E-state index in [9.17, 15) is 15.0 Å². The smallest absolute Gasteiger partial charge is 0.335 e. The molecule has 2 atom stereocenters. The van der Waals surface area contributed by atoms with Crippen molar-refractivity contribution in [3.63, 3.8) is 0 Å². The van der Waals surface area contributed by atoms with E-state index in [1.807, 2.05) is 18.2 Å². The molecule has 0 unspecified atom stereocenters. The standard InChI is InChI=1S/C25H24ClNO3S.ClH/c26-20-5-1-3-17(11-20)24(28)15-27-21-9-7-16-8-10-23(14-19(16)12-21)31-22-6-2-4-18(13-22)25(29)30;/h1-6,8,10-11,13-14,21,24,27-28H,7,9,12,15H2,(H,29,30);1H/t21-,24+;/m0./s1. The van der Waals surface area contributed by atoms with Gasteiger partial charge in [0.1, 0.15) is 0 Å². The van der Waals surface area contributed by atoms with Crippen LogP contribution in [0.3, 0.4) is 0 Å². The SMILES string of the molecule is Cl.O=C(O)c1cccc(Sc2ccc3c(c2)C[C@@H](NC[C@@H](O)c2cccc(Cl)c2)CC3)c1. The molecule has 3 aromatic carbocycles. The van der Waals surface area contributed by atoms with Crippen LogP contribution in [0.4, 0.5) is 0 Å². The lowest BCUT2D eigenvalue weighted by molar-refractivity contribution is 0.0696. The lowest BCUT2D eigenvalue weighted by Crippen LogP contribution is -2.37. The third-order valence-corrected chi connectivity index (χ3v) is 6.77. The van der Waals surface area contributed by atoms with Gasteiger partial charge < -0.3 is 15.5 Å². The number of aliphatic hydroxyl groups excluding tert-OH is 1. The molecule has 0 saturated carbocycles. The first-order valence-corrected chi connectivity index (χ1v) is 11.5. The Morgan fingerprint density at radius 2 is 1.84 bits per heavy atom. The van der Waals surface area contributed by atoms with Crippen molar-refractivity contribution < 1.29 is 15.0 Å². The van der Waals surface area contributed by atoms with Crippen LogP contribution in [-0.2, 0) is 12.8 Å². The van der Waals surface area contributed by atoms with Gasteiger partial charge >= 0.3 is 5.97 Å². The van der Waals surface area contributed by atoms with E-state index in [1.54, 1.807) is 42.1 Å². The van der Waals surface area contributed by atoms with Gasteiger partial charge in [0.15, 0.2) is 0 Å². The molecule has 0 bridgehead atoms. The molecule has 1 aliphatic rings. The maximum atomic E-state index is 11.2. The molecule has 0 amide bonds. The fourth-order valence-electron chi connectivity index (χ4n) is 3.91. The van der Waals surface area contributed by atoms with E-state index >= 15 is 0 Å². The lowest BCUT2D eigenvalue weighted by atomic mass is 9.88. The van der Waals surface area contributed by atoms with Crippen molar-refractivity contribution in [3.05, 3.63) is 94.0 Å². The number of carboxylic acid groups (broad SMARTS) is 1. The number of carbonyl (C=O) groups is 1. The maximum Gasteiger partial charge on any atom is 0.335 e. The first-order chi connectivity index (χ1) is 15.0. The summed E-state index contributed by atoms with van der Waals surface area (Å²) in [5, 5.41) is 23.8. The molecule has 0 aromatic heterocycles. The average Bonchev–Trinajstić information content (AvgIpc) is 2.77. The normalized spacial score (nSPS) is 16.0. The molecule has 0 saturated heterocycles. The first-order valence-electron chi connectivity index (χ1n) is 10.3. The summed E-state index contributed by atoms with van der Waals surface area (Å²) in [6.07, 6.45) is 2.34. The van der Waals surface area contributed by atoms with Gasteiger partial charge in [-0.3, -0.25) is 0 Å². The average molecular weight is 490 g/mol. The van der Waals surface area contributed by atoms with E-state index in [-0.39, 0.29) is 12.4 Å². The molecule has 168 valence electrons. The topological polar surface area (TPSA) is 69.6 Å². The van der Waals surface area contributed by atoms with Crippen molar-refractivity contribution in [1.29, 1.82) is 0 Å². The Balaban J connectivity index is 0.00000289. The molecule has 32 heavy (non-hydrogen) atoms. The first kappa shape index (κ1) is 24.6. The molecule has 1 aliphatic carbocycles. The zero-order chi connectivity index (χ0) is 21.8. The van der Waals surface area contributed by atoms with Crippen LogP contribution in [0.15, 0.2) is 76.5 Å². The molecule has 3 aromatic rings. The van der Waals surface area contributed by atoms with Gasteiger partial charge in [0.25, 0.3) is 0 Å². The quantitative estimate of drug-likeness (QED) is 0.391. The van der Waals surface area contributed by atoms with Gasteiger partial charge in [-0.05, 0) is 78.4 Å². The number of nitrogens with one attached hydrogen (secondary N) is 1. The van der Waals surface area contributed by atoms with Crippen LogP contribution in [0.25, 0.3) is 0 Å². The molecule has 4 nitrogen and oxygen atoms in total. The second-order valence-corrected chi connectivity index (χ2v) is 9.37. The summed E-state index contributed by atoms with van der Waals surface area (Å²) in [5.74, 6) is -0.915. The number of aliphatic hydroxyl groups is 1. The Hall–Kier alpha value is -2.02. The summed E-state index contributed by atoms with van der Waals surface area (Å²) < 4.78 is 0. The van der Waals surface area contributed by atoms with Gasteiger partial charge in [0.2, 0.25) is 0 Å². The van der Waals surface area contributed by atoms with Crippen molar-refractivity contribution in [2.75, 3.05) is 6.54 Å². The Morgan fingerprint density at radius 1 is 1.06 bits per heavy atom. The summed E-state index contributed by atoms with van der Waals surface area (Å²) in [4.78, 5) is 13.2. The number of carboxylic acids is 1. The van der Waals surface area contributed by atoms with E-state index < -0.39 is 12.1 Å². The maximum absolute atomic E-state index is 11.2. The van der Waals surface area contributed by atoms with Crippen LogP contribution in [0, 0.1) is 0 Å². The van der Waals surface area contributed by atoms with Crippen molar-refractivity contribution in [2.24, 2.45) is 0 Å². The molecule has 7 heteroatoms. The number of aryl methyl sites for hydroxylation is 1. The number of rotatable bonds is 7. The predicted octanol–water partition coefficient (Wildman–Crippen LogP) is 5.79. The number of halogens is 2. The summed E-state index contributed by atoms with van der Waals surface area (Å²) in [6, 6.07) is 21.1. The largest absolute Gasteiger partial charge is 0.478 e. The van der Waals surface area contributed by atoms with Gasteiger partial charge in [-0.1, -0.05) is 47.6 Å². The van der Waals surface area contributed by atoms with Gasteiger partial charge in [0, 0.05) is 27.4 Å². The van der Waals surface area contributed by atoms with E-state index in [4.69, 9.17) is 11.6 Å². The third-order valence-electron chi connectivity index (χ3n) is 5.56. The molecule has 4 rings (SSSR count). The second-order valence-electron chi connectivity index (χ2n) is 7.78. The number of benzene rings is 3. The minimum absolute atomic E-state index is 0. The molecule has 0 aliphatic heterocycles. The van der Waals surface area contributed by atoms with Gasteiger partial charge in [-0.25, -0.2) is 4.79 Å². The van der Waals surface area contributed by atoms with Gasteiger partial charge in [-0.2, -0.15) is 0 Å². The minimum Gasteiger partial charge on any atom is -0.478 e. The van der Waals surface area contributed by atoms with Crippen LogP contribution in [-0.4, -0.2) is 28.8 Å². The Bertz CT molecular complexity index is 1090. The molecular formula is C25H25Cl2NO3S. The van der Waals surface area contributed by atoms with E-state index in [2.05, 4.69) is 23.5 Å². The summed E-state index contributed by atoms with van der Waals surface area (Å²) in [5.41, 5.74) is 3.78. The Labute approximate surface area is 203 Å². The lowest BCUT2D eigenvalue weighted by Gasteiger charge is -2.27. The van der Waals surface area contributed by atoms with E-state index in [0.29, 0.717) is 23.2 Å². The Kier molecular flexibility index (Phi) is 8.63. The highest BCUT2D eigenvalue weighted by atomic mass is 35.5. The molecule has 0 radical (unpaired) electrons. The van der Waals surface area contributed by atoms with Crippen LogP contribution in [0.5, 0.6) is 0 Å². The monoisotopic (exact) mass is 489 g/mol. The van der Waals surface area contributed by atoms with Crippen LogP contribution in [0.1, 0.15) is 39.6 Å². The summed E-state index contributed by atoms with van der Waals surface area (Å²) in [6.45, 7) is 0.483. The highest BCUT2D eigenvalue weighted by molar-refractivity contribution is 7.99. The molecule has 3 N–H and O–H groups in total. The number of hydrogen-bond donors (Lipinski definition) is 3. The third kappa shape index (κ3) is 6.27. The van der Waals surface area contributed by atoms with E-state index in [1.165, 1.54) is 11.1 Å². The summed E-state index contributed by atoms with van der Waals surface area (Å²) >= 11 is 7.60. The molecule has 0 fully saturated rings. The highest BCUT2D eigenvalue weighted by Gasteiger charge is 2.20. The molecule has 0 spiro atoms. The number of aromatic carboxylic acids is 1. The van der Waals surface area contributed by atoms with Crippen molar-refractivity contribution >= 4 is 41.7 Å². The molecule has 0 heterocycles. The minimum atomic E-state index is -0.915. The zero-order valence-corrected chi connectivity index (χ0v) is 19.7. The van der Waals surface area contributed by atoms with Crippen LogP contribution < -0.4 is 5.32 Å². The van der Waals surface area contributed by atoms with E-state index in [0.717, 1.165) is 34.6 Å². The van der Waals surface area contributed by atoms with Crippen molar-refractivity contribution in [2.45, 2.75) is 41.2 Å². The van der Waals surface area contributed by atoms with Gasteiger partial charge in [-0.15, -0.1) is 12.4 Å². The molecular weight excluding hydrogens is 465 g/mol. The van der Waals surface area contributed by atoms with Crippen molar-refractivity contribution in [3.8, 4) is 0 Å². The number of hydrogen-bond acceptors (Lipinski definition) is 4. The highest BCUT2D eigenvalue weighted by Crippen LogP contribution is 2.32. The second kappa shape index (κ2) is 11.2. The fourth-order valence-corrected chi connectivity index (χ4v) is 5.05. The predicted molar refractivity (Wildman–Crippen MR) is 131 cm³/mol. The van der Waals surface area contributed by atoms with Crippen LogP contribution >= 0.6 is 35.8 Å². The number of fused-ring (bicyclic) bond motifs is 1. The Morgan fingerprint density at radius 3 is 2.62 bits per heavy atom. The van der Waals surface area contributed by atoms with Gasteiger partial charge in [0.05, 0.1) is 11.7 Å². The zero-order valence-electron chi connectivity index (χ0n) is 17.3.